The van der Waals surface area contributed by atoms with Crippen molar-refractivity contribution in [2.75, 3.05) is 20.2 Å². The molecule has 2 aromatic carbocycles. The van der Waals surface area contributed by atoms with E-state index in [2.05, 4.69) is 4.90 Å². The van der Waals surface area contributed by atoms with Crippen molar-refractivity contribution in [2.24, 2.45) is 5.92 Å². The average Bonchev–Trinajstić information content (AvgIpc) is 2.62. The Hall–Kier alpha value is -2.14. The minimum Gasteiger partial charge on any atom is -0.508 e. The highest BCUT2D eigenvalue weighted by molar-refractivity contribution is 5.39. The lowest BCUT2D eigenvalue weighted by atomic mass is 9.91. The number of aromatic hydroxyl groups is 1. The summed E-state index contributed by atoms with van der Waals surface area (Å²) in [5.41, 5.74) is 1.15. The molecular formula is C21H25F2NO2. The molecule has 1 fully saturated rings. The van der Waals surface area contributed by atoms with E-state index < -0.39 is 11.6 Å². The van der Waals surface area contributed by atoms with Gasteiger partial charge < -0.3 is 9.84 Å². The van der Waals surface area contributed by atoms with Gasteiger partial charge in [0.15, 0.2) is 0 Å². The molecule has 2 aromatic rings. The quantitative estimate of drug-likeness (QED) is 0.821. The van der Waals surface area contributed by atoms with E-state index in [0.29, 0.717) is 18.9 Å². The van der Waals surface area contributed by atoms with Gasteiger partial charge in [-0.1, -0.05) is 6.07 Å². The highest BCUT2D eigenvalue weighted by Crippen LogP contribution is 2.28. The normalized spacial score (nSPS) is 18.0. The van der Waals surface area contributed by atoms with Crippen molar-refractivity contribution in [3.8, 4) is 11.5 Å². The molecule has 0 amide bonds. The third-order valence-corrected chi connectivity index (χ3v) is 5.13. The first-order valence-electron chi connectivity index (χ1n) is 9.08. The van der Waals surface area contributed by atoms with Crippen LogP contribution in [-0.2, 0) is 13.0 Å². The van der Waals surface area contributed by atoms with Crippen LogP contribution in [0.25, 0.3) is 0 Å². The number of hydrogen-bond acceptors (Lipinski definition) is 3. The molecule has 1 aliphatic rings. The minimum atomic E-state index is -0.456. The number of nitrogens with zero attached hydrogens (tertiary/aromatic N) is 1. The Morgan fingerprint density at radius 1 is 1.19 bits per heavy atom. The summed E-state index contributed by atoms with van der Waals surface area (Å²) in [5.74, 6) is 0.484. The lowest BCUT2D eigenvalue weighted by Gasteiger charge is -2.33. The van der Waals surface area contributed by atoms with Gasteiger partial charge in [-0.2, -0.15) is 0 Å². The number of likely N-dealkylation sites (tertiary alicyclic amines) is 1. The van der Waals surface area contributed by atoms with Crippen LogP contribution >= 0.6 is 0 Å². The minimum absolute atomic E-state index is 0.194. The van der Waals surface area contributed by atoms with Crippen molar-refractivity contribution < 1.29 is 18.6 Å². The Morgan fingerprint density at radius 2 is 1.96 bits per heavy atom. The molecule has 0 saturated carbocycles. The first-order chi connectivity index (χ1) is 12.6. The van der Waals surface area contributed by atoms with Gasteiger partial charge in [-0.05, 0) is 68.5 Å². The van der Waals surface area contributed by atoms with Gasteiger partial charge in [0.2, 0.25) is 0 Å². The van der Waals surface area contributed by atoms with Crippen LogP contribution in [0.3, 0.4) is 0 Å². The molecule has 0 spiro atoms. The van der Waals surface area contributed by atoms with Gasteiger partial charge in [0, 0.05) is 24.2 Å². The molecule has 5 heteroatoms. The lowest BCUT2D eigenvalue weighted by molar-refractivity contribution is 0.160. The van der Waals surface area contributed by atoms with E-state index in [1.54, 1.807) is 25.3 Å². The van der Waals surface area contributed by atoms with Crippen LogP contribution in [0.2, 0.25) is 0 Å². The van der Waals surface area contributed by atoms with Crippen LogP contribution in [0.1, 0.15) is 30.4 Å². The van der Waals surface area contributed by atoms with Crippen molar-refractivity contribution in [3.05, 3.63) is 59.2 Å². The standard InChI is InChI=1S/C21H25F2NO2/c1-26-21-10-8-17(25)12-16(21)14-24-11-3-4-15(13-24)7-9-18-19(22)5-2-6-20(18)23/h2,5-6,8,10,12,15,25H,3-4,7,9,11,13-14H2,1H3. The third-order valence-electron chi connectivity index (χ3n) is 5.13. The summed E-state index contributed by atoms with van der Waals surface area (Å²) in [6.45, 7) is 2.56. The summed E-state index contributed by atoms with van der Waals surface area (Å²) in [5, 5.41) is 9.73. The van der Waals surface area contributed by atoms with Crippen LogP contribution in [0, 0.1) is 17.6 Å². The maximum Gasteiger partial charge on any atom is 0.129 e. The van der Waals surface area contributed by atoms with Gasteiger partial charge in [0.1, 0.15) is 23.1 Å². The number of hydrogen-bond donors (Lipinski definition) is 1. The van der Waals surface area contributed by atoms with Crippen LogP contribution in [0.5, 0.6) is 11.5 Å². The van der Waals surface area contributed by atoms with Crippen LogP contribution < -0.4 is 4.74 Å². The predicted molar refractivity (Wildman–Crippen MR) is 97.3 cm³/mol. The van der Waals surface area contributed by atoms with Gasteiger partial charge in [-0.25, -0.2) is 8.78 Å². The second-order valence-electron chi connectivity index (χ2n) is 6.98. The molecule has 1 saturated heterocycles. The lowest BCUT2D eigenvalue weighted by Crippen LogP contribution is -2.35. The Morgan fingerprint density at radius 3 is 2.69 bits per heavy atom. The molecule has 0 aromatic heterocycles. The Kier molecular flexibility index (Phi) is 6.09. The fraction of sp³-hybridized carbons (Fsp3) is 0.429. The van der Waals surface area contributed by atoms with Gasteiger partial charge in [0.05, 0.1) is 7.11 Å². The van der Waals surface area contributed by atoms with E-state index in [9.17, 15) is 13.9 Å². The molecule has 0 aliphatic carbocycles. The molecule has 1 aliphatic heterocycles. The zero-order chi connectivity index (χ0) is 18.5. The van der Waals surface area contributed by atoms with Gasteiger partial charge in [-0.15, -0.1) is 0 Å². The van der Waals surface area contributed by atoms with Gasteiger partial charge >= 0.3 is 0 Å². The van der Waals surface area contributed by atoms with Crippen molar-refractivity contribution in [1.82, 2.24) is 4.90 Å². The van der Waals surface area contributed by atoms with E-state index >= 15 is 0 Å². The van der Waals surface area contributed by atoms with E-state index in [-0.39, 0.29) is 11.3 Å². The first kappa shape index (κ1) is 18.6. The zero-order valence-electron chi connectivity index (χ0n) is 15.0. The average molecular weight is 361 g/mol. The van der Waals surface area contributed by atoms with Crippen LogP contribution in [0.4, 0.5) is 8.78 Å². The molecule has 1 heterocycles. The molecule has 3 nitrogen and oxygen atoms in total. The van der Waals surface area contributed by atoms with Crippen LogP contribution in [0.15, 0.2) is 36.4 Å². The van der Waals surface area contributed by atoms with E-state index in [0.717, 1.165) is 43.7 Å². The molecule has 140 valence electrons. The number of phenols is 1. The molecule has 26 heavy (non-hydrogen) atoms. The molecular weight excluding hydrogens is 336 g/mol. The fourth-order valence-corrected chi connectivity index (χ4v) is 3.78. The molecule has 3 rings (SSSR count). The van der Waals surface area contributed by atoms with Gasteiger partial charge in [-0.3, -0.25) is 4.90 Å². The van der Waals surface area contributed by atoms with E-state index in [4.69, 9.17) is 4.74 Å². The Labute approximate surface area is 153 Å². The second-order valence-corrected chi connectivity index (χ2v) is 6.98. The number of piperidine rings is 1. The van der Waals surface area contributed by atoms with Gasteiger partial charge in [0.25, 0.3) is 0 Å². The van der Waals surface area contributed by atoms with Crippen molar-refractivity contribution >= 4 is 0 Å². The van der Waals surface area contributed by atoms with E-state index in [1.807, 2.05) is 0 Å². The maximum atomic E-state index is 13.8. The van der Waals surface area contributed by atoms with E-state index in [1.165, 1.54) is 18.2 Å². The predicted octanol–water partition coefficient (Wildman–Crippen LogP) is 4.52. The first-order valence-corrected chi connectivity index (χ1v) is 9.08. The number of methoxy groups -OCH3 is 1. The fourth-order valence-electron chi connectivity index (χ4n) is 3.78. The highest BCUT2D eigenvalue weighted by Gasteiger charge is 2.22. The summed E-state index contributed by atoms with van der Waals surface area (Å²) in [7, 11) is 1.62. The number of halogens is 2. The summed E-state index contributed by atoms with van der Waals surface area (Å²) in [4.78, 5) is 2.32. The largest absolute Gasteiger partial charge is 0.508 e. The smallest absolute Gasteiger partial charge is 0.129 e. The molecule has 0 radical (unpaired) electrons. The Balaban J connectivity index is 1.60. The monoisotopic (exact) mass is 361 g/mol. The summed E-state index contributed by atoms with van der Waals surface area (Å²) >= 11 is 0. The summed E-state index contributed by atoms with van der Waals surface area (Å²) < 4.78 is 33.0. The number of rotatable bonds is 6. The van der Waals surface area contributed by atoms with Crippen molar-refractivity contribution in [3.63, 3.8) is 0 Å². The third kappa shape index (κ3) is 4.52. The van der Waals surface area contributed by atoms with Crippen molar-refractivity contribution in [2.45, 2.75) is 32.2 Å². The summed E-state index contributed by atoms with van der Waals surface area (Å²) in [6.07, 6.45) is 3.33. The Bertz CT molecular complexity index is 731. The number of ether oxygens (including phenoxy) is 1. The molecule has 1 unspecified atom stereocenters. The molecule has 1 atom stereocenters. The summed E-state index contributed by atoms with van der Waals surface area (Å²) in [6, 6.07) is 9.16. The number of benzene rings is 2. The van der Waals surface area contributed by atoms with Crippen molar-refractivity contribution in [1.29, 1.82) is 0 Å². The zero-order valence-corrected chi connectivity index (χ0v) is 15.0. The maximum absolute atomic E-state index is 13.8. The molecule has 0 bridgehead atoms. The van der Waals surface area contributed by atoms with Crippen LogP contribution in [-0.4, -0.2) is 30.2 Å². The highest BCUT2D eigenvalue weighted by atomic mass is 19.1. The number of phenolic OH excluding ortho intramolecular Hbond substituents is 1. The SMILES string of the molecule is COc1ccc(O)cc1CN1CCCC(CCc2c(F)cccc2F)C1. The second kappa shape index (κ2) is 8.49. The topological polar surface area (TPSA) is 32.7 Å². The molecule has 1 N–H and O–H groups in total.